The number of thiazole rings is 1. The molecule has 7 nitrogen and oxygen atoms in total. The van der Waals surface area contributed by atoms with Crippen molar-refractivity contribution in [3.8, 4) is 11.5 Å². The van der Waals surface area contributed by atoms with Gasteiger partial charge in [0.25, 0.3) is 5.91 Å². The van der Waals surface area contributed by atoms with Crippen molar-refractivity contribution in [2.45, 2.75) is 13.3 Å². The number of ether oxygens (including phenoxy) is 1. The lowest BCUT2D eigenvalue weighted by Gasteiger charge is -2.04. The third-order valence-electron chi connectivity index (χ3n) is 2.87. The van der Waals surface area contributed by atoms with Gasteiger partial charge in [-0.1, -0.05) is 24.3 Å². The maximum atomic E-state index is 12.0. The standard InChI is InChI=1S/C14H16N4O3S/c1-3-9-12(22-14(15)17-9)13(20)18-16-7-8-5-4-6-10(21-2)11(8)19/h4-7,19H,3H2,1-2H3,(H2,15,17)(H,18,20)/b16-7+. The quantitative estimate of drug-likeness (QED) is 0.574. The first-order chi connectivity index (χ1) is 10.6. The van der Waals surface area contributed by atoms with Gasteiger partial charge in [-0.15, -0.1) is 0 Å². The number of anilines is 1. The zero-order chi connectivity index (χ0) is 16.1. The minimum atomic E-state index is -0.385. The second-order valence-corrected chi connectivity index (χ2v) is 5.31. The molecule has 0 unspecified atom stereocenters. The Morgan fingerprint density at radius 1 is 1.59 bits per heavy atom. The highest BCUT2D eigenvalue weighted by atomic mass is 32.1. The van der Waals surface area contributed by atoms with Crippen molar-refractivity contribution in [2.75, 3.05) is 12.8 Å². The fourth-order valence-corrected chi connectivity index (χ4v) is 2.62. The molecular formula is C14H16N4O3S. The number of nitrogens with two attached hydrogens (primary N) is 1. The van der Waals surface area contributed by atoms with Gasteiger partial charge in [0.15, 0.2) is 16.6 Å². The zero-order valence-corrected chi connectivity index (χ0v) is 13.0. The third kappa shape index (κ3) is 3.34. The largest absolute Gasteiger partial charge is 0.504 e. The van der Waals surface area contributed by atoms with E-state index in [1.54, 1.807) is 18.2 Å². The topological polar surface area (TPSA) is 110 Å². The lowest BCUT2D eigenvalue weighted by atomic mass is 10.2. The number of rotatable bonds is 5. The first-order valence-electron chi connectivity index (χ1n) is 6.51. The van der Waals surface area contributed by atoms with E-state index in [9.17, 15) is 9.90 Å². The van der Waals surface area contributed by atoms with Crippen LogP contribution in [0.15, 0.2) is 23.3 Å². The Morgan fingerprint density at radius 2 is 2.36 bits per heavy atom. The number of hydrogen-bond donors (Lipinski definition) is 3. The van der Waals surface area contributed by atoms with E-state index in [0.717, 1.165) is 11.3 Å². The summed E-state index contributed by atoms with van der Waals surface area (Å²) in [6, 6.07) is 4.98. The number of phenolic OH excluding ortho intramolecular Hbond substituents is 1. The van der Waals surface area contributed by atoms with Crippen LogP contribution in [-0.2, 0) is 6.42 Å². The van der Waals surface area contributed by atoms with E-state index in [-0.39, 0.29) is 11.7 Å². The Bertz CT molecular complexity index is 712. The molecule has 0 atom stereocenters. The minimum Gasteiger partial charge on any atom is -0.504 e. The molecule has 0 aliphatic rings. The van der Waals surface area contributed by atoms with Gasteiger partial charge in [0.1, 0.15) is 4.88 Å². The monoisotopic (exact) mass is 320 g/mol. The lowest BCUT2D eigenvalue weighted by Crippen LogP contribution is -2.17. The van der Waals surface area contributed by atoms with Crippen molar-refractivity contribution >= 4 is 28.6 Å². The summed E-state index contributed by atoms with van der Waals surface area (Å²) in [5, 5.41) is 14.1. The number of phenols is 1. The number of aromatic nitrogens is 1. The fourth-order valence-electron chi connectivity index (χ4n) is 1.81. The normalized spacial score (nSPS) is 10.8. The Labute approximate surface area is 131 Å². The summed E-state index contributed by atoms with van der Waals surface area (Å²) in [4.78, 5) is 16.6. The summed E-state index contributed by atoms with van der Waals surface area (Å²) < 4.78 is 5.00. The van der Waals surface area contributed by atoms with Crippen LogP contribution in [0.25, 0.3) is 0 Å². The van der Waals surface area contributed by atoms with Crippen molar-refractivity contribution in [1.82, 2.24) is 10.4 Å². The van der Waals surface area contributed by atoms with Gasteiger partial charge in [0.2, 0.25) is 0 Å². The fraction of sp³-hybridized carbons (Fsp3) is 0.214. The number of nitrogen functional groups attached to an aromatic ring is 1. The van der Waals surface area contributed by atoms with Crippen molar-refractivity contribution in [1.29, 1.82) is 0 Å². The van der Waals surface area contributed by atoms with E-state index in [2.05, 4.69) is 15.5 Å². The van der Waals surface area contributed by atoms with Crippen LogP contribution in [0.2, 0.25) is 0 Å². The van der Waals surface area contributed by atoms with Crippen molar-refractivity contribution in [3.63, 3.8) is 0 Å². The van der Waals surface area contributed by atoms with E-state index in [4.69, 9.17) is 10.5 Å². The Morgan fingerprint density at radius 3 is 3.05 bits per heavy atom. The number of hydrogen-bond acceptors (Lipinski definition) is 7. The molecule has 0 aliphatic carbocycles. The second-order valence-electron chi connectivity index (χ2n) is 4.28. The molecule has 0 radical (unpaired) electrons. The Hall–Kier alpha value is -2.61. The van der Waals surface area contributed by atoms with Crippen LogP contribution in [0.3, 0.4) is 0 Å². The number of hydrazone groups is 1. The molecule has 1 amide bonds. The van der Waals surface area contributed by atoms with E-state index >= 15 is 0 Å². The van der Waals surface area contributed by atoms with Gasteiger partial charge in [-0.05, 0) is 18.6 Å². The summed E-state index contributed by atoms with van der Waals surface area (Å²) in [6.07, 6.45) is 1.95. The number of nitrogens with one attached hydrogen (secondary N) is 1. The van der Waals surface area contributed by atoms with E-state index < -0.39 is 0 Å². The maximum absolute atomic E-state index is 12.0. The van der Waals surface area contributed by atoms with Crippen molar-refractivity contribution in [2.24, 2.45) is 5.10 Å². The highest BCUT2D eigenvalue weighted by Gasteiger charge is 2.15. The van der Waals surface area contributed by atoms with Crippen LogP contribution in [0.4, 0.5) is 5.13 Å². The summed E-state index contributed by atoms with van der Waals surface area (Å²) >= 11 is 1.11. The van der Waals surface area contributed by atoms with Gasteiger partial charge < -0.3 is 15.6 Å². The molecule has 2 rings (SSSR count). The average Bonchev–Trinajstić information content (AvgIpc) is 2.90. The number of amides is 1. The summed E-state index contributed by atoms with van der Waals surface area (Å²) in [7, 11) is 1.46. The summed E-state index contributed by atoms with van der Waals surface area (Å²) in [5.41, 5.74) is 9.07. The van der Waals surface area contributed by atoms with Crippen LogP contribution in [-0.4, -0.2) is 29.3 Å². The highest BCUT2D eigenvalue weighted by Crippen LogP contribution is 2.28. The second kappa shape index (κ2) is 6.90. The maximum Gasteiger partial charge on any atom is 0.283 e. The molecule has 8 heteroatoms. The third-order valence-corrected chi connectivity index (χ3v) is 3.80. The molecule has 0 spiro atoms. The van der Waals surface area contributed by atoms with Crippen LogP contribution < -0.4 is 15.9 Å². The number of benzene rings is 1. The van der Waals surface area contributed by atoms with Crippen LogP contribution >= 0.6 is 11.3 Å². The number of para-hydroxylation sites is 1. The molecule has 0 saturated carbocycles. The lowest BCUT2D eigenvalue weighted by molar-refractivity contribution is 0.0958. The van der Waals surface area contributed by atoms with E-state index in [0.29, 0.717) is 33.4 Å². The van der Waals surface area contributed by atoms with E-state index in [1.165, 1.54) is 13.3 Å². The average molecular weight is 320 g/mol. The predicted molar refractivity (Wildman–Crippen MR) is 85.6 cm³/mol. The van der Waals surface area contributed by atoms with Crippen LogP contribution in [0, 0.1) is 0 Å². The zero-order valence-electron chi connectivity index (χ0n) is 12.2. The van der Waals surface area contributed by atoms with Crippen LogP contribution in [0.1, 0.15) is 27.9 Å². The molecule has 22 heavy (non-hydrogen) atoms. The molecule has 2 aromatic rings. The SMILES string of the molecule is CCc1nc(N)sc1C(=O)N/N=C/c1cccc(OC)c1O. The molecule has 0 bridgehead atoms. The van der Waals surface area contributed by atoms with Crippen LogP contribution in [0.5, 0.6) is 11.5 Å². The minimum absolute atomic E-state index is 0.0423. The summed E-state index contributed by atoms with van der Waals surface area (Å²) in [5.74, 6) is -0.0947. The number of methoxy groups -OCH3 is 1. The number of aromatic hydroxyl groups is 1. The number of carbonyl (C=O) groups is 1. The van der Waals surface area contributed by atoms with Crippen molar-refractivity contribution < 1.29 is 14.6 Å². The van der Waals surface area contributed by atoms with E-state index in [1.807, 2.05) is 6.92 Å². The first kappa shape index (κ1) is 15.8. The molecule has 0 saturated heterocycles. The smallest absolute Gasteiger partial charge is 0.283 e. The van der Waals surface area contributed by atoms with Gasteiger partial charge in [-0.25, -0.2) is 10.4 Å². The summed E-state index contributed by atoms with van der Waals surface area (Å²) in [6.45, 7) is 1.89. The molecular weight excluding hydrogens is 304 g/mol. The highest BCUT2D eigenvalue weighted by molar-refractivity contribution is 7.17. The predicted octanol–water partition coefficient (Wildman–Crippen LogP) is 1.77. The van der Waals surface area contributed by atoms with Gasteiger partial charge >= 0.3 is 0 Å². The number of aryl methyl sites for hydroxylation is 1. The molecule has 1 aromatic carbocycles. The Balaban J connectivity index is 2.11. The number of carbonyl (C=O) groups excluding carboxylic acids is 1. The van der Waals surface area contributed by atoms with Crippen molar-refractivity contribution in [3.05, 3.63) is 34.3 Å². The number of nitrogens with zero attached hydrogens (tertiary/aromatic N) is 2. The van der Waals surface area contributed by atoms with Gasteiger partial charge in [0, 0.05) is 5.56 Å². The first-order valence-corrected chi connectivity index (χ1v) is 7.33. The molecule has 4 N–H and O–H groups in total. The van der Waals surface area contributed by atoms with Gasteiger partial charge in [-0.2, -0.15) is 5.10 Å². The molecule has 0 aliphatic heterocycles. The molecule has 0 fully saturated rings. The van der Waals surface area contributed by atoms with Gasteiger partial charge in [-0.3, -0.25) is 4.79 Å². The molecule has 1 heterocycles. The molecule has 1 aromatic heterocycles. The van der Waals surface area contributed by atoms with Gasteiger partial charge in [0.05, 0.1) is 19.0 Å². The Kier molecular flexibility index (Phi) is 4.95. The molecule has 116 valence electrons.